The molecule has 2 fully saturated rings. The summed E-state index contributed by atoms with van der Waals surface area (Å²) >= 11 is 0. The fourth-order valence-corrected chi connectivity index (χ4v) is 10.3. The van der Waals surface area contributed by atoms with E-state index in [0.29, 0.717) is 25.3 Å². The summed E-state index contributed by atoms with van der Waals surface area (Å²) in [5, 5.41) is -0.158. The van der Waals surface area contributed by atoms with E-state index < -0.39 is 34.4 Å². The summed E-state index contributed by atoms with van der Waals surface area (Å²) < 4.78 is 62.7. The molecule has 4 rings (SSSR count). The summed E-state index contributed by atoms with van der Waals surface area (Å²) in [7, 11) is -3.94. The monoisotopic (exact) mass is 556 g/mol. The van der Waals surface area contributed by atoms with Gasteiger partial charge in [-0.3, -0.25) is 4.57 Å². The van der Waals surface area contributed by atoms with Crippen molar-refractivity contribution in [1.29, 1.82) is 0 Å². The predicted octanol–water partition coefficient (Wildman–Crippen LogP) is 6.15. The van der Waals surface area contributed by atoms with Gasteiger partial charge in [-0.05, 0) is 18.5 Å². The molecule has 4 unspecified atom stereocenters. The quantitative estimate of drug-likeness (QED) is 0.287. The van der Waals surface area contributed by atoms with Crippen LogP contribution in [0.2, 0.25) is 36.3 Å². The Morgan fingerprint density at radius 3 is 2.54 bits per heavy atom. The van der Waals surface area contributed by atoms with Crippen LogP contribution in [0.25, 0.3) is 11.0 Å². The lowest BCUT2D eigenvalue weighted by Crippen LogP contribution is -2.63. The number of hydrogen-bond donors (Lipinski definition) is 0. The van der Waals surface area contributed by atoms with Gasteiger partial charge in [0.2, 0.25) is 0 Å². The molecule has 0 amide bonds. The number of aromatic nitrogens is 2. The zero-order chi connectivity index (χ0) is 27.3. The highest BCUT2D eigenvalue weighted by molar-refractivity contribution is 6.76. The van der Waals surface area contributed by atoms with Gasteiger partial charge in [0.15, 0.2) is 11.9 Å². The van der Waals surface area contributed by atoms with E-state index in [1.807, 2.05) is 0 Å². The molecule has 37 heavy (non-hydrogen) atoms. The Hall–Kier alpha value is -1.38. The van der Waals surface area contributed by atoms with Gasteiger partial charge in [-0.1, -0.05) is 54.3 Å². The first-order valence-corrected chi connectivity index (χ1v) is 18.8. The molecule has 4 atom stereocenters. The van der Waals surface area contributed by atoms with Crippen LogP contribution < -0.4 is 4.74 Å². The van der Waals surface area contributed by atoms with E-state index >= 15 is 4.39 Å². The summed E-state index contributed by atoms with van der Waals surface area (Å²) in [6, 6.07) is 2.44. The molecule has 1 aromatic heterocycles. The van der Waals surface area contributed by atoms with E-state index in [1.54, 1.807) is 4.57 Å². The third kappa shape index (κ3) is 5.53. The number of rotatable bonds is 8. The van der Waals surface area contributed by atoms with Gasteiger partial charge in [0, 0.05) is 31.3 Å². The maximum Gasteiger partial charge on any atom is 0.346 e. The van der Waals surface area contributed by atoms with Crippen LogP contribution >= 0.6 is 0 Å². The van der Waals surface area contributed by atoms with Crippen molar-refractivity contribution in [3.63, 3.8) is 0 Å². The third-order valence-electron chi connectivity index (χ3n) is 7.39. The van der Waals surface area contributed by atoms with Gasteiger partial charge >= 0.3 is 8.56 Å². The van der Waals surface area contributed by atoms with Crippen molar-refractivity contribution in [2.75, 3.05) is 19.8 Å². The highest BCUT2D eigenvalue weighted by Crippen LogP contribution is 2.49. The molecular formula is C26H42F2N2O5Si2. The summed E-state index contributed by atoms with van der Waals surface area (Å²) in [6.45, 7) is 20.3. The molecular weight excluding hydrogens is 514 g/mol. The Balaban J connectivity index is 1.64. The van der Waals surface area contributed by atoms with E-state index in [0.717, 1.165) is 6.04 Å². The second kappa shape index (κ2) is 10.3. The summed E-state index contributed by atoms with van der Waals surface area (Å²) in [6.07, 6.45) is -1.06. The molecule has 2 aromatic rings. The largest absolute Gasteiger partial charge is 0.456 e. The molecule has 0 radical (unpaired) electrons. The summed E-state index contributed by atoms with van der Waals surface area (Å²) in [5.41, 5.74) is 0.511. The standard InChI is InChI=1S/C26H42F2N2O5Si2/c1-16(2)37(26(4,5)6)33-14-20-24(35-37)21(13-32-20)34-25-29-23-19(12-18(27)17(3)22(23)28)30(25)15-31-10-11-36(7,8)9/h12,16,20-21,24H,10-11,13-15H2,1-9H3. The Kier molecular flexibility index (Phi) is 7.98. The number of fused-ring (bicyclic) bond motifs is 2. The minimum Gasteiger partial charge on any atom is -0.456 e. The molecule has 0 N–H and O–H groups in total. The fraction of sp³-hybridized carbons (Fsp3) is 0.731. The van der Waals surface area contributed by atoms with Crippen molar-refractivity contribution in [2.45, 2.75) is 103 Å². The molecule has 11 heteroatoms. The molecule has 2 saturated heterocycles. The normalized spacial score (nSPS) is 26.8. The van der Waals surface area contributed by atoms with Crippen molar-refractivity contribution < 1.29 is 31.8 Å². The topological polar surface area (TPSA) is 64.0 Å². The Morgan fingerprint density at radius 1 is 1.22 bits per heavy atom. The van der Waals surface area contributed by atoms with Crippen LogP contribution in [0, 0.1) is 18.6 Å². The Bertz CT molecular complexity index is 1130. The minimum absolute atomic E-state index is 0.0617. The highest BCUT2D eigenvalue weighted by atomic mass is 28.4. The average Bonchev–Trinajstić information content (AvgIpc) is 3.34. The van der Waals surface area contributed by atoms with Gasteiger partial charge in [0.25, 0.3) is 6.01 Å². The van der Waals surface area contributed by atoms with E-state index in [-0.39, 0.29) is 46.6 Å². The van der Waals surface area contributed by atoms with E-state index in [2.05, 4.69) is 59.2 Å². The van der Waals surface area contributed by atoms with Crippen LogP contribution in [-0.2, 0) is 25.1 Å². The smallest absolute Gasteiger partial charge is 0.346 e. The van der Waals surface area contributed by atoms with Crippen molar-refractivity contribution in [3.05, 3.63) is 23.3 Å². The molecule has 1 aromatic carbocycles. The fourth-order valence-electron chi connectivity index (χ4n) is 5.19. The van der Waals surface area contributed by atoms with E-state index in [4.69, 9.17) is 23.1 Å². The average molecular weight is 557 g/mol. The minimum atomic E-state index is -2.64. The Morgan fingerprint density at radius 2 is 1.92 bits per heavy atom. The highest BCUT2D eigenvalue weighted by Gasteiger charge is 2.60. The molecule has 0 bridgehead atoms. The molecule has 0 aliphatic carbocycles. The lowest BCUT2D eigenvalue weighted by Gasteiger charge is -2.49. The molecule has 2 aliphatic heterocycles. The second-order valence-electron chi connectivity index (χ2n) is 12.8. The van der Waals surface area contributed by atoms with Crippen LogP contribution in [0.3, 0.4) is 0 Å². The maximum atomic E-state index is 15.0. The summed E-state index contributed by atoms with van der Waals surface area (Å²) in [5.74, 6) is -1.32. The van der Waals surface area contributed by atoms with Crippen molar-refractivity contribution in [3.8, 4) is 6.01 Å². The summed E-state index contributed by atoms with van der Waals surface area (Å²) in [4.78, 5) is 4.46. The lowest BCUT2D eigenvalue weighted by atomic mass is 10.1. The van der Waals surface area contributed by atoms with Gasteiger partial charge in [-0.2, -0.15) is 4.98 Å². The lowest BCUT2D eigenvalue weighted by molar-refractivity contribution is -0.0616. The number of imidazole rings is 1. The molecule has 0 saturated carbocycles. The molecule has 7 nitrogen and oxygen atoms in total. The SMILES string of the molecule is Cc1c(F)cc2c(nc(OC3COC4CO[Si](C(C)C)(C(C)(C)C)OC43)n2COCC[Si](C)(C)C)c1F. The van der Waals surface area contributed by atoms with Crippen LogP contribution in [0.15, 0.2) is 6.07 Å². The van der Waals surface area contributed by atoms with Crippen molar-refractivity contribution >= 4 is 27.7 Å². The number of hydrogen-bond acceptors (Lipinski definition) is 6. The maximum absolute atomic E-state index is 15.0. The second-order valence-corrected chi connectivity index (χ2v) is 23.0. The van der Waals surface area contributed by atoms with Crippen LogP contribution in [0.4, 0.5) is 8.78 Å². The van der Waals surface area contributed by atoms with Crippen LogP contribution in [0.1, 0.15) is 40.2 Å². The third-order valence-corrected chi connectivity index (χ3v) is 13.9. The first kappa shape index (κ1) is 28.6. The van der Waals surface area contributed by atoms with Crippen LogP contribution in [-0.4, -0.2) is 64.3 Å². The first-order valence-electron chi connectivity index (χ1n) is 13.2. The molecule has 2 aliphatic rings. The predicted molar refractivity (Wildman–Crippen MR) is 144 cm³/mol. The zero-order valence-electron chi connectivity index (χ0n) is 23.6. The number of ether oxygens (including phenoxy) is 3. The van der Waals surface area contributed by atoms with E-state index in [9.17, 15) is 4.39 Å². The van der Waals surface area contributed by atoms with Gasteiger partial charge in [0.1, 0.15) is 30.3 Å². The first-order chi connectivity index (χ1) is 17.1. The van der Waals surface area contributed by atoms with Crippen molar-refractivity contribution in [2.24, 2.45) is 0 Å². The number of benzene rings is 1. The molecule has 3 heterocycles. The van der Waals surface area contributed by atoms with Gasteiger partial charge in [-0.15, -0.1) is 0 Å². The molecule has 208 valence electrons. The van der Waals surface area contributed by atoms with Gasteiger partial charge in [0.05, 0.1) is 18.7 Å². The van der Waals surface area contributed by atoms with Gasteiger partial charge < -0.3 is 23.1 Å². The number of nitrogens with zero attached hydrogens (tertiary/aromatic N) is 2. The van der Waals surface area contributed by atoms with Crippen LogP contribution in [0.5, 0.6) is 6.01 Å². The number of halogens is 2. The molecule has 0 spiro atoms. The van der Waals surface area contributed by atoms with Crippen molar-refractivity contribution in [1.82, 2.24) is 9.55 Å². The van der Waals surface area contributed by atoms with Gasteiger partial charge in [-0.25, -0.2) is 8.78 Å². The Labute approximate surface area is 221 Å². The zero-order valence-corrected chi connectivity index (χ0v) is 25.6. The van der Waals surface area contributed by atoms with E-state index in [1.165, 1.54) is 13.0 Å².